The van der Waals surface area contributed by atoms with Gasteiger partial charge in [0.05, 0.1) is 11.5 Å². The molecule has 5 N–H and O–H groups in total. The maximum atomic E-state index is 14.5. The van der Waals surface area contributed by atoms with Crippen molar-refractivity contribution in [3.63, 3.8) is 0 Å². The number of piperidine rings is 1. The van der Waals surface area contributed by atoms with Crippen molar-refractivity contribution in [2.45, 2.75) is 45.1 Å². The van der Waals surface area contributed by atoms with E-state index >= 15 is 0 Å². The first-order valence-corrected chi connectivity index (χ1v) is 10.9. The lowest BCUT2D eigenvalue weighted by Gasteiger charge is -2.29. The largest absolute Gasteiger partial charge is 0.372 e. The zero-order valence-electron chi connectivity index (χ0n) is 17.6. The van der Waals surface area contributed by atoms with Gasteiger partial charge >= 0.3 is 0 Å². The van der Waals surface area contributed by atoms with Crippen molar-refractivity contribution in [3.8, 4) is 0 Å². The number of rotatable bonds is 9. The summed E-state index contributed by atoms with van der Waals surface area (Å²) in [4.78, 5) is 4.66. The third-order valence-corrected chi connectivity index (χ3v) is 6.07. The Balaban J connectivity index is 1.65. The van der Waals surface area contributed by atoms with Gasteiger partial charge in [0.15, 0.2) is 0 Å². The molecule has 162 valence electrons. The minimum atomic E-state index is -0.255. The molecule has 1 aromatic rings. The van der Waals surface area contributed by atoms with Crippen molar-refractivity contribution >= 4 is 18.0 Å². The number of nitrogens with zero attached hydrogens (tertiary/aromatic N) is 2. The molecule has 0 aromatic carbocycles. The minimum Gasteiger partial charge on any atom is -0.372 e. The van der Waals surface area contributed by atoms with E-state index in [1.54, 1.807) is 0 Å². The smallest absolute Gasteiger partial charge is 0.209 e. The van der Waals surface area contributed by atoms with E-state index in [0.717, 1.165) is 50.6 Å². The maximum Gasteiger partial charge on any atom is 0.209 e. The SMILES string of the molecule is C=C(NCC1CC1)Nc1c(C=N)nc(NC2=C(F)C=CCC2C)n1C1CCNCC1. The molecule has 1 saturated carbocycles. The van der Waals surface area contributed by atoms with Gasteiger partial charge in [-0.1, -0.05) is 19.6 Å². The minimum absolute atomic E-state index is 0.0446. The molecule has 1 aliphatic heterocycles. The summed E-state index contributed by atoms with van der Waals surface area (Å²) in [6.45, 7) is 8.85. The van der Waals surface area contributed by atoms with E-state index in [0.29, 0.717) is 23.2 Å². The average Bonchev–Trinajstić information content (AvgIpc) is 3.51. The fraction of sp³-hybridized carbons (Fsp3) is 0.545. The summed E-state index contributed by atoms with van der Waals surface area (Å²) in [6, 6.07) is 0.201. The molecule has 1 aromatic heterocycles. The summed E-state index contributed by atoms with van der Waals surface area (Å²) in [6.07, 6.45) is 9.81. The van der Waals surface area contributed by atoms with Gasteiger partial charge in [0.2, 0.25) is 5.95 Å². The number of allylic oxidation sites excluding steroid dienone is 4. The molecule has 2 fully saturated rings. The van der Waals surface area contributed by atoms with Gasteiger partial charge in [-0.3, -0.25) is 4.57 Å². The van der Waals surface area contributed by atoms with Crippen molar-refractivity contribution in [1.82, 2.24) is 20.2 Å². The molecule has 1 saturated heterocycles. The maximum absolute atomic E-state index is 14.5. The van der Waals surface area contributed by atoms with Gasteiger partial charge < -0.3 is 26.7 Å². The molecule has 1 atom stereocenters. The van der Waals surface area contributed by atoms with Crippen LogP contribution in [0.1, 0.15) is 50.8 Å². The van der Waals surface area contributed by atoms with Gasteiger partial charge in [-0.05, 0) is 57.2 Å². The molecular formula is C22H32FN7. The van der Waals surface area contributed by atoms with Crippen LogP contribution in [0.5, 0.6) is 0 Å². The number of imidazole rings is 1. The third-order valence-electron chi connectivity index (χ3n) is 6.07. The predicted octanol–water partition coefficient (Wildman–Crippen LogP) is 3.88. The number of hydrogen-bond acceptors (Lipinski definition) is 6. The van der Waals surface area contributed by atoms with Crippen molar-refractivity contribution in [2.24, 2.45) is 11.8 Å². The van der Waals surface area contributed by atoms with E-state index in [4.69, 9.17) is 5.41 Å². The Bertz CT molecular complexity index is 859. The summed E-state index contributed by atoms with van der Waals surface area (Å²) < 4.78 is 16.6. The van der Waals surface area contributed by atoms with Crippen LogP contribution in [-0.4, -0.2) is 35.4 Å². The van der Waals surface area contributed by atoms with Crippen LogP contribution in [0.3, 0.4) is 0 Å². The van der Waals surface area contributed by atoms with Gasteiger partial charge in [0, 0.05) is 24.7 Å². The lowest BCUT2D eigenvalue weighted by Crippen LogP contribution is -2.31. The highest BCUT2D eigenvalue weighted by molar-refractivity contribution is 5.84. The van der Waals surface area contributed by atoms with Gasteiger partial charge in [0.25, 0.3) is 0 Å². The average molecular weight is 414 g/mol. The molecule has 0 radical (unpaired) electrons. The Morgan fingerprint density at radius 3 is 2.80 bits per heavy atom. The Labute approximate surface area is 177 Å². The number of aromatic nitrogens is 2. The molecule has 0 spiro atoms. The predicted molar refractivity (Wildman–Crippen MR) is 119 cm³/mol. The zero-order chi connectivity index (χ0) is 21.1. The van der Waals surface area contributed by atoms with E-state index in [1.807, 2.05) is 13.0 Å². The highest BCUT2D eigenvalue weighted by atomic mass is 19.1. The summed E-state index contributed by atoms with van der Waals surface area (Å²) in [5.74, 6) is 2.52. The molecule has 30 heavy (non-hydrogen) atoms. The fourth-order valence-corrected chi connectivity index (χ4v) is 4.08. The van der Waals surface area contributed by atoms with Crippen LogP contribution in [0.2, 0.25) is 0 Å². The molecule has 0 bridgehead atoms. The Morgan fingerprint density at radius 2 is 2.13 bits per heavy atom. The second kappa shape index (κ2) is 9.04. The molecule has 1 unspecified atom stereocenters. The molecule has 0 amide bonds. The summed E-state index contributed by atoms with van der Waals surface area (Å²) in [5.41, 5.74) is 1.07. The highest BCUT2D eigenvalue weighted by Crippen LogP contribution is 2.34. The van der Waals surface area contributed by atoms with E-state index < -0.39 is 0 Å². The second-order valence-electron chi connectivity index (χ2n) is 8.52. The number of halogens is 1. The Kier molecular flexibility index (Phi) is 6.22. The molecule has 3 aliphatic rings. The number of nitrogens with one attached hydrogen (secondary N) is 5. The van der Waals surface area contributed by atoms with Crippen LogP contribution in [0.4, 0.5) is 16.2 Å². The standard InChI is InChI=1S/C22H32FN7/c1-14-4-3-5-18(23)20(14)29-22-28-19(12-24)21(27-15(2)26-13-16-6-7-16)30(22)17-8-10-25-11-9-17/h3,5,12,14,16-17,24-27H,2,4,6-11,13H2,1H3,(H,28,29). The van der Waals surface area contributed by atoms with Crippen LogP contribution in [0.25, 0.3) is 0 Å². The van der Waals surface area contributed by atoms with E-state index in [2.05, 4.69) is 37.4 Å². The zero-order valence-corrected chi connectivity index (χ0v) is 17.6. The Morgan fingerprint density at radius 1 is 1.37 bits per heavy atom. The van der Waals surface area contributed by atoms with Crippen LogP contribution in [-0.2, 0) is 0 Å². The van der Waals surface area contributed by atoms with E-state index in [-0.39, 0.29) is 17.8 Å². The molecule has 2 aliphatic carbocycles. The number of hydrogen-bond donors (Lipinski definition) is 5. The normalized spacial score (nSPS) is 22.1. The first kappa shape index (κ1) is 20.7. The molecule has 7 nitrogen and oxygen atoms in total. The molecule has 2 heterocycles. The summed E-state index contributed by atoms with van der Waals surface area (Å²) >= 11 is 0. The quantitative estimate of drug-likeness (QED) is 0.397. The van der Waals surface area contributed by atoms with Crippen molar-refractivity contribution in [3.05, 3.63) is 41.8 Å². The molecule has 8 heteroatoms. The van der Waals surface area contributed by atoms with Crippen molar-refractivity contribution in [2.75, 3.05) is 30.3 Å². The van der Waals surface area contributed by atoms with E-state index in [9.17, 15) is 4.39 Å². The summed E-state index contributed by atoms with van der Waals surface area (Å²) in [7, 11) is 0. The third kappa shape index (κ3) is 4.59. The Hall–Kier alpha value is -2.61. The highest BCUT2D eigenvalue weighted by Gasteiger charge is 2.27. The first-order valence-electron chi connectivity index (χ1n) is 10.9. The topological polar surface area (TPSA) is 89.8 Å². The van der Waals surface area contributed by atoms with Crippen LogP contribution in [0, 0.1) is 17.2 Å². The monoisotopic (exact) mass is 413 g/mol. The number of anilines is 2. The van der Waals surface area contributed by atoms with Crippen LogP contribution >= 0.6 is 0 Å². The molecule has 4 rings (SSSR count). The van der Waals surface area contributed by atoms with Gasteiger partial charge in [0.1, 0.15) is 17.3 Å². The van der Waals surface area contributed by atoms with Gasteiger partial charge in [-0.2, -0.15) is 0 Å². The van der Waals surface area contributed by atoms with Crippen LogP contribution in [0.15, 0.2) is 36.1 Å². The van der Waals surface area contributed by atoms with Crippen molar-refractivity contribution in [1.29, 1.82) is 5.41 Å². The summed E-state index contributed by atoms with van der Waals surface area (Å²) in [5, 5.41) is 21.3. The van der Waals surface area contributed by atoms with E-state index in [1.165, 1.54) is 25.1 Å². The van der Waals surface area contributed by atoms with Crippen LogP contribution < -0.4 is 21.3 Å². The molecular weight excluding hydrogens is 381 g/mol. The van der Waals surface area contributed by atoms with Crippen molar-refractivity contribution < 1.29 is 4.39 Å². The second-order valence-corrected chi connectivity index (χ2v) is 8.52. The lowest BCUT2D eigenvalue weighted by atomic mass is 9.98. The first-order chi connectivity index (χ1) is 14.6. The van der Waals surface area contributed by atoms with Gasteiger partial charge in [-0.15, -0.1) is 0 Å². The lowest BCUT2D eigenvalue weighted by molar-refractivity contribution is 0.373. The van der Waals surface area contributed by atoms with Gasteiger partial charge in [-0.25, -0.2) is 9.37 Å². The fourth-order valence-electron chi connectivity index (χ4n) is 4.08.